The lowest BCUT2D eigenvalue weighted by Crippen LogP contribution is -2.40. The van der Waals surface area contributed by atoms with Gasteiger partial charge in [-0.1, -0.05) is 13.0 Å². The number of ether oxygens (including phenoxy) is 1. The quantitative estimate of drug-likeness (QED) is 0.570. The maximum atomic E-state index is 12.9. The summed E-state index contributed by atoms with van der Waals surface area (Å²) in [7, 11) is 0. The van der Waals surface area contributed by atoms with Crippen LogP contribution >= 0.6 is 27.7 Å². The molecule has 0 radical (unpaired) electrons. The predicted octanol–water partition coefficient (Wildman–Crippen LogP) is 3.77. The van der Waals surface area contributed by atoms with Gasteiger partial charge in [0.15, 0.2) is 0 Å². The van der Waals surface area contributed by atoms with Crippen molar-refractivity contribution in [1.82, 2.24) is 19.4 Å². The summed E-state index contributed by atoms with van der Waals surface area (Å²) in [6.45, 7) is 4.57. The second kappa shape index (κ2) is 8.00. The van der Waals surface area contributed by atoms with Crippen LogP contribution in [0.4, 0.5) is 0 Å². The Hall–Kier alpha value is -1.90. The molecular formula is C19H19BrN4O2S. The summed E-state index contributed by atoms with van der Waals surface area (Å²) in [6, 6.07) is 5.88. The number of hydrogen-bond donors (Lipinski definition) is 0. The highest BCUT2D eigenvalue weighted by Gasteiger charge is 2.20. The summed E-state index contributed by atoms with van der Waals surface area (Å²) in [4.78, 5) is 24.7. The number of rotatable bonds is 4. The first-order valence-corrected chi connectivity index (χ1v) is 10.6. The highest BCUT2D eigenvalue weighted by Crippen LogP contribution is 2.32. The van der Waals surface area contributed by atoms with Gasteiger partial charge in [0.25, 0.3) is 5.91 Å². The zero-order valence-corrected chi connectivity index (χ0v) is 17.3. The topological polar surface area (TPSA) is 60.2 Å². The summed E-state index contributed by atoms with van der Waals surface area (Å²) in [6.07, 6.45) is 5.50. The second-order valence-electron chi connectivity index (χ2n) is 6.13. The fourth-order valence-electron chi connectivity index (χ4n) is 3.14. The zero-order chi connectivity index (χ0) is 18.8. The van der Waals surface area contributed by atoms with Crippen LogP contribution in [-0.2, 0) is 4.74 Å². The minimum atomic E-state index is 0.0365. The molecule has 1 aliphatic heterocycles. The normalized spacial score (nSPS) is 14.7. The van der Waals surface area contributed by atoms with E-state index in [-0.39, 0.29) is 5.91 Å². The van der Waals surface area contributed by atoms with Crippen molar-refractivity contribution in [2.75, 3.05) is 32.1 Å². The van der Waals surface area contributed by atoms with Crippen LogP contribution in [0.25, 0.3) is 16.9 Å². The van der Waals surface area contributed by atoms with Crippen LogP contribution in [0.5, 0.6) is 0 Å². The number of halogens is 1. The van der Waals surface area contributed by atoms with Crippen molar-refractivity contribution < 1.29 is 9.53 Å². The van der Waals surface area contributed by atoms with E-state index >= 15 is 0 Å². The van der Waals surface area contributed by atoms with Gasteiger partial charge in [0, 0.05) is 47.5 Å². The molecule has 3 aromatic rings. The molecule has 2 aromatic heterocycles. The molecule has 140 valence electrons. The second-order valence-corrected chi connectivity index (χ2v) is 8.36. The Kier molecular flexibility index (Phi) is 5.47. The molecule has 0 aliphatic carbocycles. The number of nitrogens with zero attached hydrogens (tertiary/aromatic N) is 4. The molecule has 0 atom stereocenters. The lowest BCUT2D eigenvalue weighted by atomic mass is 10.1. The van der Waals surface area contributed by atoms with Gasteiger partial charge in [-0.3, -0.25) is 9.36 Å². The van der Waals surface area contributed by atoms with Crippen molar-refractivity contribution in [3.8, 4) is 5.95 Å². The molecule has 1 amide bonds. The van der Waals surface area contributed by atoms with Gasteiger partial charge in [-0.15, -0.1) is 11.8 Å². The number of amides is 1. The van der Waals surface area contributed by atoms with Crippen LogP contribution in [0.15, 0.2) is 46.2 Å². The SMILES string of the molecule is CCSc1cn(-c2ncc(Br)cn2)c2cc(C(=O)N3CCOCC3)ccc12. The summed E-state index contributed by atoms with van der Waals surface area (Å²) >= 11 is 5.14. The molecule has 1 aromatic carbocycles. The lowest BCUT2D eigenvalue weighted by Gasteiger charge is -2.26. The van der Waals surface area contributed by atoms with E-state index in [1.165, 1.54) is 0 Å². The largest absolute Gasteiger partial charge is 0.378 e. The first-order chi connectivity index (χ1) is 13.2. The molecule has 8 heteroatoms. The van der Waals surface area contributed by atoms with Gasteiger partial charge < -0.3 is 9.64 Å². The average Bonchev–Trinajstić information content (AvgIpc) is 3.07. The van der Waals surface area contributed by atoms with E-state index in [0.29, 0.717) is 37.8 Å². The summed E-state index contributed by atoms with van der Waals surface area (Å²) in [5.74, 6) is 1.59. The Morgan fingerprint density at radius 1 is 1.26 bits per heavy atom. The van der Waals surface area contributed by atoms with Crippen LogP contribution in [0.3, 0.4) is 0 Å². The molecule has 3 heterocycles. The van der Waals surface area contributed by atoms with Crippen molar-refractivity contribution in [2.24, 2.45) is 0 Å². The van der Waals surface area contributed by atoms with Gasteiger partial charge in [0.05, 0.1) is 23.2 Å². The molecule has 27 heavy (non-hydrogen) atoms. The monoisotopic (exact) mass is 446 g/mol. The molecule has 6 nitrogen and oxygen atoms in total. The molecular weight excluding hydrogens is 428 g/mol. The van der Waals surface area contributed by atoms with Crippen LogP contribution < -0.4 is 0 Å². The van der Waals surface area contributed by atoms with Gasteiger partial charge in [-0.25, -0.2) is 9.97 Å². The van der Waals surface area contributed by atoms with E-state index in [9.17, 15) is 4.79 Å². The van der Waals surface area contributed by atoms with Crippen LogP contribution in [0.2, 0.25) is 0 Å². The van der Waals surface area contributed by atoms with Crippen molar-refractivity contribution in [1.29, 1.82) is 0 Å². The number of morpholine rings is 1. The summed E-state index contributed by atoms with van der Waals surface area (Å²) < 4.78 is 8.13. The number of carbonyl (C=O) groups is 1. The van der Waals surface area contributed by atoms with Gasteiger partial charge in [0.2, 0.25) is 5.95 Å². The maximum absolute atomic E-state index is 12.9. The van der Waals surface area contributed by atoms with E-state index in [2.05, 4.69) is 32.8 Å². The number of carbonyl (C=O) groups excluding carboxylic acids is 1. The van der Waals surface area contributed by atoms with Crippen LogP contribution in [0, 0.1) is 0 Å². The number of thioether (sulfide) groups is 1. The first-order valence-electron chi connectivity index (χ1n) is 8.80. The fourth-order valence-corrected chi connectivity index (χ4v) is 4.17. The number of benzene rings is 1. The smallest absolute Gasteiger partial charge is 0.254 e. The van der Waals surface area contributed by atoms with E-state index in [1.807, 2.05) is 33.9 Å². The molecule has 0 spiro atoms. The molecule has 4 rings (SSSR count). The molecule has 0 saturated carbocycles. The Morgan fingerprint density at radius 2 is 2.00 bits per heavy atom. The third kappa shape index (κ3) is 3.74. The highest BCUT2D eigenvalue weighted by atomic mass is 79.9. The predicted molar refractivity (Wildman–Crippen MR) is 110 cm³/mol. The average molecular weight is 447 g/mol. The summed E-state index contributed by atoms with van der Waals surface area (Å²) in [5.41, 5.74) is 1.61. The first kappa shape index (κ1) is 18.5. The lowest BCUT2D eigenvalue weighted by molar-refractivity contribution is 0.0303. The fraction of sp³-hybridized carbons (Fsp3) is 0.316. The minimum Gasteiger partial charge on any atom is -0.378 e. The molecule has 1 aliphatic rings. The van der Waals surface area contributed by atoms with Crippen LogP contribution in [0.1, 0.15) is 17.3 Å². The number of fused-ring (bicyclic) bond motifs is 1. The van der Waals surface area contributed by atoms with Gasteiger partial charge >= 0.3 is 0 Å². The van der Waals surface area contributed by atoms with E-state index in [1.54, 1.807) is 24.2 Å². The van der Waals surface area contributed by atoms with Crippen LogP contribution in [-0.4, -0.2) is 57.4 Å². The standard InChI is InChI=1S/C19H19BrN4O2S/c1-2-27-17-12-24(19-21-10-14(20)11-22-19)16-9-13(3-4-15(16)17)18(25)23-5-7-26-8-6-23/h3-4,9-12H,2,5-8H2,1H3. The molecule has 0 bridgehead atoms. The highest BCUT2D eigenvalue weighted by molar-refractivity contribution is 9.10. The Bertz CT molecular complexity index is 968. The zero-order valence-electron chi connectivity index (χ0n) is 14.9. The van der Waals surface area contributed by atoms with E-state index in [4.69, 9.17) is 4.74 Å². The number of hydrogen-bond acceptors (Lipinski definition) is 5. The molecule has 0 N–H and O–H groups in total. The summed E-state index contributed by atoms with van der Waals surface area (Å²) in [5, 5.41) is 1.10. The van der Waals surface area contributed by atoms with E-state index < -0.39 is 0 Å². The van der Waals surface area contributed by atoms with Crippen molar-refractivity contribution in [2.45, 2.75) is 11.8 Å². The van der Waals surface area contributed by atoms with Crippen molar-refractivity contribution in [3.05, 3.63) is 46.8 Å². The Labute approximate surface area is 170 Å². The Morgan fingerprint density at radius 3 is 2.70 bits per heavy atom. The molecule has 1 saturated heterocycles. The maximum Gasteiger partial charge on any atom is 0.254 e. The van der Waals surface area contributed by atoms with Crippen molar-refractivity contribution >= 4 is 44.5 Å². The molecule has 1 fully saturated rings. The van der Waals surface area contributed by atoms with Crippen molar-refractivity contribution in [3.63, 3.8) is 0 Å². The third-order valence-corrected chi connectivity index (χ3v) is 5.77. The number of aromatic nitrogens is 3. The Balaban J connectivity index is 1.79. The minimum absolute atomic E-state index is 0.0365. The van der Waals surface area contributed by atoms with Gasteiger partial charge in [0.1, 0.15) is 0 Å². The van der Waals surface area contributed by atoms with Gasteiger partial charge in [-0.05, 0) is 33.8 Å². The van der Waals surface area contributed by atoms with Gasteiger partial charge in [-0.2, -0.15) is 0 Å². The molecule has 0 unspecified atom stereocenters. The third-order valence-electron chi connectivity index (χ3n) is 4.44. The van der Waals surface area contributed by atoms with E-state index in [0.717, 1.165) is 26.0 Å².